The molecule has 0 unspecified atom stereocenters. The van der Waals surface area contributed by atoms with Gasteiger partial charge < -0.3 is 9.26 Å². The summed E-state index contributed by atoms with van der Waals surface area (Å²) in [5.74, 6) is 1.19. The number of hydrogen-bond donors (Lipinski definition) is 0. The number of ether oxygens (including phenoxy) is 1. The molecule has 0 radical (unpaired) electrons. The predicted molar refractivity (Wildman–Crippen MR) is 70.8 cm³/mol. The Kier molecular flexibility index (Phi) is 4.19. The molecule has 2 rings (SSSR count). The van der Waals surface area contributed by atoms with Crippen molar-refractivity contribution in [2.75, 3.05) is 0 Å². The Morgan fingerprint density at radius 2 is 2.25 bits per heavy atom. The first-order chi connectivity index (χ1) is 9.47. The van der Waals surface area contributed by atoms with Gasteiger partial charge in [0.15, 0.2) is 6.61 Å². The lowest BCUT2D eigenvalue weighted by atomic mass is 10.2. The summed E-state index contributed by atoms with van der Waals surface area (Å²) in [4.78, 5) is 14.3. The van der Waals surface area contributed by atoms with Gasteiger partial charge in [0, 0.05) is 12.0 Å². The van der Waals surface area contributed by atoms with Gasteiger partial charge in [-0.25, -0.2) is 0 Å². The zero-order valence-corrected chi connectivity index (χ0v) is 11.6. The van der Waals surface area contributed by atoms with Crippen molar-refractivity contribution in [1.82, 2.24) is 10.1 Å². The topological polar surface area (TPSA) is 91.3 Å². The van der Waals surface area contributed by atoms with E-state index in [0.29, 0.717) is 11.7 Å². The first-order valence-corrected chi connectivity index (χ1v) is 6.24. The number of halogens is 1. The molecule has 0 saturated heterocycles. The van der Waals surface area contributed by atoms with Crippen molar-refractivity contribution >= 4 is 17.3 Å². The molecule has 7 nitrogen and oxygen atoms in total. The van der Waals surface area contributed by atoms with Crippen LogP contribution in [0.2, 0.25) is 5.02 Å². The highest BCUT2D eigenvalue weighted by atomic mass is 35.5. The van der Waals surface area contributed by atoms with Gasteiger partial charge in [-0.05, 0) is 6.07 Å². The molecule has 20 heavy (non-hydrogen) atoms. The Morgan fingerprint density at radius 1 is 1.50 bits per heavy atom. The molecule has 0 amide bonds. The van der Waals surface area contributed by atoms with Crippen LogP contribution >= 0.6 is 11.6 Å². The van der Waals surface area contributed by atoms with Crippen LogP contribution in [0.25, 0.3) is 0 Å². The van der Waals surface area contributed by atoms with Crippen molar-refractivity contribution in [3.8, 4) is 5.75 Å². The monoisotopic (exact) mass is 297 g/mol. The Labute approximate surface area is 119 Å². The first-order valence-electron chi connectivity index (χ1n) is 5.86. The number of hydrogen-bond acceptors (Lipinski definition) is 6. The van der Waals surface area contributed by atoms with Crippen molar-refractivity contribution < 1.29 is 14.2 Å². The van der Waals surface area contributed by atoms with Gasteiger partial charge in [-0.1, -0.05) is 30.6 Å². The lowest BCUT2D eigenvalue weighted by Gasteiger charge is -2.05. The number of nitro benzene ring substituents is 1. The molecule has 0 bridgehead atoms. The van der Waals surface area contributed by atoms with E-state index in [9.17, 15) is 10.1 Å². The zero-order valence-electron chi connectivity index (χ0n) is 10.9. The van der Waals surface area contributed by atoms with Crippen molar-refractivity contribution in [3.63, 3.8) is 0 Å². The number of aromatic nitrogens is 2. The first kappa shape index (κ1) is 14.3. The van der Waals surface area contributed by atoms with Crippen LogP contribution < -0.4 is 4.74 Å². The van der Waals surface area contributed by atoms with E-state index in [1.54, 1.807) is 0 Å². The molecule has 0 aliphatic heterocycles. The Balaban J connectivity index is 2.09. The minimum absolute atomic E-state index is 0.0249. The smallest absolute Gasteiger partial charge is 0.273 e. The van der Waals surface area contributed by atoms with Gasteiger partial charge in [-0.15, -0.1) is 0 Å². The van der Waals surface area contributed by atoms with Crippen molar-refractivity contribution in [2.45, 2.75) is 26.4 Å². The van der Waals surface area contributed by atoms with E-state index in [0.717, 1.165) is 0 Å². The molecule has 0 aliphatic rings. The molecule has 0 spiro atoms. The van der Waals surface area contributed by atoms with Gasteiger partial charge in [-0.2, -0.15) is 4.98 Å². The summed E-state index contributed by atoms with van der Waals surface area (Å²) in [7, 11) is 0. The van der Waals surface area contributed by atoms with Gasteiger partial charge in [0.25, 0.3) is 5.69 Å². The fourth-order valence-corrected chi connectivity index (χ4v) is 1.59. The Morgan fingerprint density at radius 3 is 2.85 bits per heavy atom. The Bertz CT molecular complexity index is 627. The van der Waals surface area contributed by atoms with Crippen molar-refractivity contribution in [1.29, 1.82) is 0 Å². The van der Waals surface area contributed by atoms with E-state index in [-0.39, 0.29) is 29.0 Å². The van der Waals surface area contributed by atoms with Gasteiger partial charge in [0.1, 0.15) is 5.75 Å². The third kappa shape index (κ3) is 3.24. The molecule has 2 aromatic rings. The normalized spacial score (nSPS) is 10.8. The predicted octanol–water partition coefficient (Wildman–Crippen LogP) is 3.33. The summed E-state index contributed by atoms with van der Waals surface area (Å²) in [5, 5.41) is 14.7. The molecule has 0 saturated carbocycles. The van der Waals surface area contributed by atoms with Crippen molar-refractivity contribution in [2.24, 2.45) is 0 Å². The minimum atomic E-state index is -0.519. The maximum atomic E-state index is 10.7. The average Bonchev–Trinajstić information content (AvgIpc) is 2.86. The average molecular weight is 298 g/mol. The van der Waals surface area contributed by atoms with E-state index in [4.69, 9.17) is 20.9 Å². The number of rotatable bonds is 5. The van der Waals surface area contributed by atoms with Crippen LogP contribution in [-0.4, -0.2) is 15.1 Å². The highest BCUT2D eigenvalue weighted by molar-refractivity contribution is 6.32. The molecular formula is C12H12ClN3O4. The van der Waals surface area contributed by atoms with E-state index < -0.39 is 4.92 Å². The van der Waals surface area contributed by atoms with E-state index in [1.807, 2.05) is 13.8 Å². The van der Waals surface area contributed by atoms with Crippen molar-refractivity contribution in [3.05, 3.63) is 45.1 Å². The fraction of sp³-hybridized carbons (Fsp3) is 0.333. The molecule has 0 atom stereocenters. The van der Waals surface area contributed by atoms with E-state index in [2.05, 4.69) is 10.1 Å². The third-order valence-corrected chi connectivity index (χ3v) is 2.77. The highest BCUT2D eigenvalue weighted by Gasteiger charge is 2.13. The molecule has 106 valence electrons. The van der Waals surface area contributed by atoms with Crippen LogP contribution in [0.4, 0.5) is 5.69 Å². The summed E-state index contributed by atoms with van der Waals surface area (Å²) >= 11 is 5.91. The molecule has 0 aliphatic carbocycles. The summed E-state index contributed by atoms with van der Waals surface area (Å²) in [6.07, 6.45) is 0. The largest absolute Gasteiger partial charge is 0.484 e. The van der Waals surface area contributed by atoms with Crippen LogP contribution in [-0.2, 0) is 6.61 Å². The molecule has 0 fully saturated rings. The molecule has 1 heterocycles. The molecule has 1 aromatic carbocycles. The lowest BCUT2D eigenvalue weighted by molar-refractivity contribution is -0.384. The third-order valence-electron chi connectivity index (χ3n) is 2.46. The summed E-state index contributed by atoms with van der Waals surface area (Å²) in [6, 6.07) is 3.97. The maximum absolute atomic E-state index is 10.7. The van der Waals surface area contributed by atoms with Crippen LogP contribution in [0.3, 0.4) is 0 Å². The second-order valence-electron chi connectivity index (χ2n) is 4.36. The Hall–Kier alpha value is -2.15. The molecular weight excluding hydrogens is 286 g/mol. The molecule has 0 N–H and O–H groups in total. The number of nitro groups is 1. The molecule has 8 heteroatoms. The SMILES string of the molecule is CC(C)c1nc(COc2cc([N+](=O)[O-])ccc2Cl)no1. The maximum Gasteiger partial charge on any atom is 0.273 e. The van der Waals surface area contributed by atoms with Gasteiger partial charge in [0.2, 0.25) is 11.7 Å². The highest BCUT2D eigenvalue weighted by Crippen LogP contribution is 2.29. The summed E-state index contributed by atoms with van der Waals surface area (Å²) in [5.41, 5.74) is -0.0969. The van der Waals surface area contributed by atoms with Gasteiger partial charge >= 0.3 is 0 Å². The van der Waals surface area contributed by atoms with Gasteiger partial charge in [0.05, 0.1) is 16.0 Å². The quantitative estimate of drug-likeness (QED) is 0.621. The van der Waals surface area contributed by atoms with Crippen LogP contribution in [0.5, 0.6) is 5.75 Å². The summed E-state index contributed by atoms with van der Waals surface area (Å²) < 4.78 is 10.4. The van der Waals surface area contributed by atoms with E-state index in [1.165, 1.54) is 18.2 Å². The second kappa shape index (κ2) is 5.87. The van der Waals surface area contributed by atoms with Gasteiger partial charge in [-0.3, -0.25) is 10.1 Å². The van der Waals surface area contributed by atoms with Crippen LogP contribution in [0, 0.1) is 10.1 Å². The second-order valence-corrected chi connectivity index (χ2v) is 4.77. The van der Waals surface area contributed by atoms with Crippen LogP contribution in [0.1, 0.15) is 31.5 Å². The summed E-state index contributed by atoms with van der Waals surface area (Å²) in [6.45, 7) is 3.88. The fourth-order valence-electron chi connectivity index (χ4n) is 1.42. The lowest BCUT2D eigenvalue weighted by Crippen LogP contribution is -1.99. The molecule has 1 aromatic heterocycles. The zero-order chi connectivity index (χ0) is 14.7. The number of non-ortho nitro benzene ring substituents is 1. The minimum Gasteiger partial charge on any atom is -0.484 e. The number of benzene rings is 1. The number of nitrogens with zero attached hydrogens (tertiary/aromatic N) is 3. The van der Waals surface area contributed by atoms with E-state index >= 15 is 0 Å². The standard InChI is InChI=1S/C12H12ClN3O4/c1-7(2)12-14-11(15-20-12)6-19-10-5-8(16(17)18)3-4-9(10)13/h3-5,7H,6H2,1-2H3. The van der Waals surface area contributed by atoms with Crippen LogP contribution in [0.15, 0.2) is 22.7 Å².